The van der Waals surface area contributed by atoms with Gasteiger partial charge in [0.1, 0.15) is 0 Å². The summed E-state index contributed by atoms with van der Waals surface area (Å²) in [5.41, 5.74) is 1.51. The molecule has 2 atom stereocenters. The monoisotopic (exact) mass is 265 g/mol. The summed E-state index contributed by atoms with van der Waals surface area (Å²) in [4.78, 5) is 12.5. The molecule has 1 heterocycles. The van der Waals surface area contributed by atoms with Crippen LogP contribution in [0.4, 0.5) is 11.4 Å². The zero-order valence-electron chi connectivity index (χ0n) is 11.2. The molecular weight excluding hydrogens is 246 g/mol. The molecular formula is C13H19N3O3. The first-order valence-corrected chi connectivity index (χ1v) is 6.40. The molecule has 6 heteroatoms. The number of aliphatic hydroxyl groups is 1. The van der Waals surface area contributed by atoms with Crippen LogP contribution in [-0.2, 0) is 6.61 Å². The second-order valence-electron chi connectivity index (χ2n) is 5.10. The average molecular weight is 265 g/mol. The van der Waals surface area contributed by atoms with Gasteiger partial charge in [0.15, 0.2) is 0 Å². The van der Waals surface area contributed by atoms with Crippen LogP contribution >= 0.6 is 0 Å². The minimum atomic E-state index is -0.439. The van der Waals surface area contributed by atoms with E-state index in [9.17, 15) is 15.2 Å². The summed E-state index contributed by atoms with van der Waals surface area (Å²) in [6.07, 6.45) is 0. The van der Waals surface area contributed by atoms with Gasteiger partial charge in [-0.25, -0.2) is 0 Å². The lowest BCUT2D eigenvalue weighted by Gasteiger charge is -2.38. The average Bonchev–Trinajstić information content (AvgIpc) is 2.36. The van der Waals surface area contributed by atoms with Crippen molar-refractivity contribution >= 4 is 11.4 Å². The number of hydrogen-bond acceptors (Lipinski definition) is 5. The number of nitro benzene ring substituents is 1. The first-order valence-electron chi connectivity index (χ1n) is 6.40. The highest BCUT2D eigenvalue weighted by atomic mass is 16.6. The van der Waals surface area contributed by atoms with Crippen molar-refractivity contribution in [1.29, 1.82) is 0 Å². The van der Waals surface area contributed by atoms with Crippen LogP contribution in [0.1, 0.15) is 19.4 Å². The lowest BCUT2D eigenvalue weighted by atomic mass is 10.1. The van der Waals surface area contributed by atoms with Gasteiger partial charge >= 0.3 is 0 Å². The van der Waals surface area contributed by atoms with Crippen molar-refractivity contribution in [1.82, 2.24) is 5.32 Å². The highest BCUT2D eigenvalue weighted by Crippen LogP contribution is 2.27. The summed E-state index contributed by atoms with van der Waals surface area (Å²) in [5.74, 6) is 0. The highest BCUT2D eigenvalue weighted by molar-refractivity contribution is 5.58. The third-order valence-electron chi connectivity index (χ3n) is 3.34. The van der Waals surface area contributed by atoms with E-state index < -0.39 is 4.92 Å². The van der Waals surface area contributed by atoms with E-state index in [1.54, 1.807) is 6.07 Å². The molecule has 1 fully saturated rings. The second-order valence-corrected chi connectivity index (χ2v) is 5.10. The molecule has 0 amide bonds. The molecule has 0 aromatic heterocycles. The number of rotatable bonds is 3. The maximum absolute atomic E-state index is 10.8. The van der Waals surface area contributed by atoms with Gasteiger partial charge in [0.05, 0.1) is 11.5 Å². The molecule has 0 aliphatic carbocycles. The van der Waals surface area contributed by atoms with Gasteiger partial charge in [0.2, 0.25) is 0 Å². The van der Waals surface area contributed by atoms with E-state index in [0.717, 1.165) is 18.8 Å². The molecule has 2 rings (SSSR count). The summed E-state index contributed by atoms with van der Waals surface area (Å²) in [7, 11) is 0. The van der Waals surface area contributed by atoms with Crippen LogP contribution in [0, 0.1) is 10.1 Å². The van der Waals surface area contributed by atoms with Crippen LogP contribution in [0.25, 0.3) is 0 Å². The van der Waals surface area contributed by atoms with Gasteiger partial charge in [-0.2, -0.15) is 0 Å². The normalized spacial score (nSPS) is 23.4. The first kappa shape index (κ1) is 13.8. The van der Waals surface area contributed by atoms with Crippen molar-refractivity contribution < 1.29 is 10.0 Å². The van der Waals surface area contributed by atoms with Gasteiger partial charge in [-0.05, 0) is 19.9 Å². The predicted molar refractivity (Wildman–Crippen MR) is 73.3 cm³/mol. The zero-order valence-corrected chi connectivity index (χ0v) is 11.2. The molecule has 1 saturated heterocycles. The Morgan fingerprint density at radius 2 is 2.05 bits per heavy atom. The number of hydrogen-bond donors (Lipinski definition) is 2. The Morgan fingerprint density at radius 1 is 1.42 bits per heavy atom. The molecule has 0 saturated carbocycles. The van der Waals surface area contributed by atoms with E-state index in [2.05, 4.69) is 24.1 Å². The van der Waals surface area contributed by atoms with Gasteiger partial charge in [-0.3, -0.25) is 10.1 Å². The summed E-state index contributed by atoms with van der Waals surface area (Å²) in [5, 5.41) is 23.6. The Morgan fingerprint density at radius 3 is 2.58 bits per heavy atom. The number of nitrogens with one attached hydrogen (secondary N) is 1. The number of nitrogens with zero attached hydrogens (tertiary/aromatic N) is 2. The highest BCUT2D eigenvalue weighted by Gasteiger charge is 2.23. The van der Waals surface area contributed by atoms with Crippen LogP contribution in [0.3, 0.4) is 0 Å². The fourth-order valence-electron chi connectivity index (χ4n) is 2.64. The third-order valence-corrected chi connectivity index (χ3v) is 3.34. The number of benzene rings is 1. The molecule has 1 aliphatic heterocycles. The molecule has 104 valence electrons. The molecule has 19 heavy (non-hydrogen) atoms. The van der Waals surface area contributed by atoms with Crippen LogP contribution < -0.4 is 10.2 Å². The van der Waals surface area contributed by atoms with Crippen LogP contribution in [0.15, 0.2) is 18.2 Å². The molecule has 0 spiro atoms. The molecule has 1 aromatic carbocycles. The molecule has 6 nitrogen and oxygen atoms in total. The first-order chi connectivity index (χ1) is 9.01. The van der Waals surface area contributed by atoms with Crippen LogP contribution in [0.5, 0.6) is 0 Å². The van der Waals surface area contributed by atoms with E-state index in [0.29, 0.717) is 17.6 Å². The van der Waals surface area contributed by atoms with Gasteiger partial charge in [0, 0.05) is 48.6 Å². The smallest absolute Gasteiger partial charge is 0.269 e. The topological polar surface area (TPSA) is 78.6 Å². The van der Waals surface area contributed by atoms with E-state index in [1.807, 2.05) is 0 Å². The largest absolute Gasteiger partial charge is 0.392 e. The van der Waals surface area contributed by atoms with Crippen LogP contribution in [-0.4, -0.2) is 35.2 Å². The van der Waals surface area contributed by atoms with E-state index in [4.69, 9.17) is 0 Å². The molecule has 0 radical (unpaired) electrons. The molecule has 1 aliphatic rings. The summed E-state index contributed by atoms with van der Waals surface area (Å²) in [6, 6.07) is 5.38. The lowest BCUT2D eigenvalue weighted by molar-refractivity contribution is -0.384. The van der Waals surface area contributed by atoms with Gasteiger partial charge in [-0.1, -0.05) is 0 Å². The third kappa shape index (κ3) is 3.02. The van der Waals surface area contributed by atoms with Gasteiger partial charge < -0.3 is 15.3 Å². The van der Waals surface area contributed by atoms with Crippen molar-refractivity contribution in [3.8, 4) is 0 Å². The number of non-ortho nitro benzene ring substituents is 1. The second kappa shape index (κ2) is 5.54. The van der Waals surface area contributed by atoms with Crippen molar-refractivity contribution in [2.45, 2.75) is 32.5 Å². The quantitative estimate of drug-likeness (QED) is 0.635. The lowest BCUT2D eigenvalue weighted by Crippen LogP contribution is -2.54. The van der Waals surface area contributed by atoms with Crippen LogP contribution in [0.2, 0.25) is 0 Å². The van der Waals surface area contributed by atoms with E-state index in [-0.39, 0.29) is 12.3 Å². The fraction of sp³-hybridized carbons (Fsp3) is 0.538. The standard InChI is InChI=1S/C13H19N3O3/c1-9-6-15(7-10(2)14-9)13-4-3-12(16(18)19)5-11(13)8-17/h3-5,9-10,14,17H,6-8H2,1-2H3/t9-,10+. The van der Waals surface area contributed by atoms with Crippen molar-refractivity contribution in [2.75, 3.05) is 18.0 Å². The summed E-state index contributed by atoms with van der Waals surface area (Å²) < 4.78 is 0. The van der Waals surface area contributed by atoms with Crippen molar-refractivity contribution in [3.63, 3.8) is 0 Å². The fourth-order valence-corrected chi connectivity index (χ4v) is 2.64. The summed E-state index contributed by atoms with van der Waals surface area (Å²) in [6.45, 7) is 5.67. The number of piperazine rings is 1. The minimum absolute atomic E-state index is 0.0176. The van der Waals surface area contributed by atoms with Crippen molar-refractivity contribution in [2.24, 2.45) is 0 Å². The molecule has 0 unspecified atom stereocenters. The number of aliphatic hydroxyl groups excluding tert-OH is 1. The van der Waals surface area contributed by atoms with Gasteiger partial charge in [0.25, 0.3) is 5.69 Å². The molecule has 2 N–H and O–H groups in total. The van der Waals surface area contributed by atoms with E-state index >= 15 is 0 Å². The Hall–Kier alpha value is -1.66. The minimum Gasteiger partial charge on any atom is -0.392 e. The summed E-state index contributed by atoms with van der Waals surface area (Å²) >= 11 is 0. The number of nitro groups is 1. The maximum Gasteiger partial charge on any atom is 0.269 e. The Kier molecular flexibility index (Phi) is 4.01. The molecule has 1 aromatic rings. The maximum atomic E-state index is 10.8. The molecule has 0 bridgehead atoms. The Balaban J connectivity index is 2.30. The zero-order chi connectivity index (χ0) is 14.0. The Labute approximate surface area is 112 Å². The van der Waals surface area contributed by atoms with E-state index in [1.165, 1.54) is 12.1 Å². The van der Waals surface area contributed by atoms with Crippen molar-refractivity contribution in [3.05, 3.63) is 33.9 Å². The Bertz CT molecular complexity index is 468. The SMILES string of the molecule is C[C@@H]1CN(c2ccc([N+](=O)[O-])cc2CO)C[C@H](C)N1. The van der Waals surface area contributed by atoms with Gasteiger partial charge in [-0.15, -0.1) is 0 Å². The number of anilines is 1. The predicted octanol–water partition coefficient (Wildman–Crippen LogP) is 1.27.